The first-order valence-electron chi connectivity index (χ1n) is 9.33. The van der Waals surface area contributed by atoms with Crippen molar-refractivity contribution >= 4 is 11.9 Å². The molecule has 1 aromatic heterocycles. The molecule has 1 fully saturated rings. The molecule has 0 N–H and O–H groups in total. The molecule has 7 nitrogen and oxygen atoms in total. The van der Waals surface area contributed by atoms with Crippen molar-refractivity contribution < 1.29 is 28.2 Å². The SMILES string of the molecule is CCOC(=O)[C@@H]1CN(C(=O)c2cc(C)oc2C)[C@H]2c3ccc(OC)cc3O[C@@H]12. The summed E-state index contributed by atoms with van der Waals surface area (Å²) in [4.78, 5) is 27.6. The van der Waals surface area contributed by atoms with Gasteiger partial charge >= 0.3 is 5.97 Å². The average Bonchev–Trinajstić information content (AvgIpc) is 3.32. The molecule has 2 aliphatic heterocycles. The van der Waals surface area contributed by atoms with Crippen LogP contribution in [0.4, 0.5) is 0 Å². The lowest BCUT2D eigenvalue weighted by Crippen LogP contribution is -2.32. The predicted octanol–water partition coefficient (Wildman–Crippen LogP) is 3.04. The molecular formula is C21H23NO6. The average molecular weight is 385 g/mol. The topological polar surface area (TPSA) is 78.2 Å². The van der Waals surface area contributed by atoms with Gasteiger partial charge in [-0.05, 0) is 39.0 Å². The number of nitrogens with zero attached hydrogens (tertiary/aromatic N) is 1. The van der Waals surface area contributed by atoms with Crippen molar-refractivity contribution in [2.45, 2.75) is 32.9 Å². The van der Waals surface area contributed by atoms with E-state index in [9.17, 15) is 9.59 Å². The van der Waals surface area contributed by atoms with Crippen LogP contribution in [0.15, 0.2) is 28.7 Å². The number of methoxy groups -OCH3 is 1. The summed E-state index contributed by atoms with van der Waals surface area (Å²) in [7, 11) is 1.58. The number of carbonyl (C=O) groups excluding carboxylic acids is 2. The molecule has 0 aliphatic carbocycles. The summed E-state index contributed by atoms with van der Waals surface area (Å²) in [5.41, 5.74) is 1.37. The van der Waals surface area contributed by atoms with Gasteiger partial charge in [-0.15, -0.1) is 0 Å². The zero-order chi connectivity index (χ0) is 20.0. The Kier molecular flexibility index (Phi) is 4.53. The Hall–Kier alpha value is -2.96. The molecule has 2 aliphatic rings. The summed E-state index contributed by atoms with van der Waals surface area (Å²) in [6.45, 7) is 5.85. The van der Waals surface area contributed by atoms with E-state index in [-0.39, 0.29) is 31.1 Å². The van der Waals surface area contributed by atoms with E-state index >= 15 is 0 Å². The molecule has 0 unspecified atom stereocenters. The van der Waals surface area contributed by atoms with Gasteiger partial charge in [0.2, 0.25) is 0 Å². The Morgan fingerprint density at radius 2 is 2.04 bits per heavy atom. The van der Waals surface area contributed by atoms with Gasteiger partial charge in [0.1, 0.15) is 35.0 Å². The largest absolute Gasteiger partial charge is 0.497 e. The summed E-state index contributed by atoms with van der Waals surface area (Å²) in [5.74, 6) is 1.43. The molecule has 1 amide bonds. The zero-order valence-corrected chi connectivity index (χ0v) is 16.4. The fourth-order valence-corrected chi connectivity index (χ4v) is 4.12. The van der Waals surface area contributed by atoms with Crippen molar-refractivity contribution in [3.63, 3.8) is 0 Å². The van der Waals surface area contributed by atoms with Crippen LogP contribution >= 0.6 is 0 Å². The van der Waals surface area contributed by atoms with E-state index in [1.54, 1.807) is 44.9 Å². The van der Waals surface area contributed by atoms with Crippen LogP contribution in [0, 0.1) is 19.8 Å². The Balaban J connectivity index is 1.74. The van der Waals surface area contributed by atoms with Crippen LogP contribution in [0.1, 0.15) is 40.4 Å². The van der Waals surface area contributed by atoms with Gasteiger partial charge in [0.25, 0.3) is 5.91 Å². The Morgan fingerprint density at radius 3 is 2.68 bits per heavy atom. The molecule has 3 atom stereocenters. The van der Waals surface area contributed by atoms with Crippen LogP contribution in [0.2, 0.25) is 0 Å². The highest BCUT2D eigenvalue weighted by Crippen LogP contribution is 2.49. The maximum atomic E-state index is 13.3. The van der Waals surface area contributed by atoms with E-state index in [1.165, 1.54) is 0 Å². The number of rotatable bonds is 4. The molecule has 0 bridgehead atoms. The number of furan rings is 1. The van der Waals surface area contributed by atoms with E-state index in [4.69, 9.17) is 18.6 Å². The molecule has 0 radical (unpaired) electrons. The number of aryl methyl sites for hydroxylation is 2. The number of fused-ring (bicyclic) bond motifs is 3. The molecule has 2 aromatic rings. The third-order valence-corrected chi connectivity index (χ3v) is 5.36. The standard InChI is InChI=1S/C21H23NO6/c1-5-26-21(24)16-10-22(20(23)15-8-11(2)27-12(15)3)18-14-7-6-13(25-4)9-17(14)28-19(16)18/h6-9,16,18-19H,5,10H2,1-4H3/t16-,18+,19+/m1/s1. The normalized spacial score (nSPS) is 22.4. The van der Waals surface area contributed by atoms with Crippen molar-refractivity contribution in [2.75, 3.05) is 20.3 Å². The van der Waals surface area contributed by atoms with Crippen LogP contribution in [0.5, 0.6) is 11.5 Å². The molecule has 1 aromatic carbocycles. The first kappa shape index (κ1) is 18.4. The molecule has 7 heteroatoms. The Bertz CT molecular complexity index is 933. The van der Waals surface area contributed by atoms with Crippen LogP contribution < -0.4 is 9.47 Å². The van der Waals surface area contributed by atoms with Crippen LogP contribution in [0.3, 0.4) is 0 Å². The third kappa shape index (κ3) is 2.82. The fraction of sp³-hybridized carbons (Fsp3) is 0.429. The summed E-state index contributed by atoms with van der Waals surface area (Å²) >= 11 is 0. The maximum absolute atomic E-state index is 13.3. The van der Waals surface area contributed by atoms with E-state index in [0.717, 1.165) is 5.56 Å². The van der Waals surface area contributed by atoms with Gasteiger partial charge < -0.3 is 23.5 Å². The number of likely N-dealkylation sites (tertiary alicyclic amines) is 1. The minimum atomic E-state index is -0.555. The summed E-state index contributed by atoms with van der Waals surface area (Å²) in [6, 6.07) is 6.87. The van der Waals surface area contributed by atoms with Gasteiger partial charge in [-0.1, -0.05) is 0 Å². The number of benzene rings is 1. The highest BCUT2D eigenvalue weighted by molar-refractivity contribution is 5.96. The van der Waals surface area contributed by atoms with Crippen LogP contribution in [0.25, 0.3) is 0 Å². The highest BCUT2D eigenvalue weighted by atomic mass is 16.5. The second-order valence-electron chi connectivity index (χ2n) is 7.07. The predicted molar refractivity (Wildman–Crippen MR) is 99.5 cm³/mol. The number of hydrogen-bond acceptors (Lipinski definition) is 6. The second-order valence-corrected chi connectivity index (χ2v) is 7.07. The smallest absolute Gasteiger partial charge is 0.314 e. The summed E-state index contributed by atoms with van der Waals surface area (Å²) in [6.07, 6.45) is -0.488. The van der Waals surface area contributed by atoms with Crippen molar-refractivity contribution in [1.82, 2.24) is 4.90 Å². The van der Waals surface area contributed by atoms with Gasteiger partial charge in [-0.3, -0.25) is 9.59 Å². The number of hydrogen-bond donors (Lipinski definition) is 0. The summed E-state index contributed by atoms with van der Waals surface area (Å²) < 4.78 is 22.2. The lowest BCUT2D eigenvalue weighted by Gasteiger charge is -2.23. The Morgan fingerprint density at radius 1 is 1.25 bits per heavy atom. The molecule has 148 valence electrons. The van der Waals surface area contributed by atoms with Gasteiger partial charge in [0.05, 0.1) is 25.3 Å². The van der Waals surface area contributed by atoms with E-state index < -0.39 is 12.0 Å². The van der Waals surface area contributed by atoms with Crippen molar-refractivity contribution in [1.29, 1.82) is 0 Å². The van der Waals surface area contributed by atoms with Gasteiger partial charge in [-0.2, -0.15) is 0 Å². The monoisotopic (exact) mass is 385 g/mol. The molecular weight excluding hydrogens is 362 g/mol. The van der Waals surface area contributed by atoms with Crippen LogP contribution in [-0.4, -0.2) is 43.1 Å². The van der Waals surface area contributed by atoms with Gasteiger partial charge in [-0.25, -0.2) is 0 Å². The van der Waals surface area contributed by atoms with Crippen molar-refractivity contribution in [2.24, 2.45) is 5.92 Å². The minimum absolute atomic E-state index is 0.177. The highest BCUT2D eigenvalue weighted by Gasteiger charge is 2.54. The van der Waals surface area contributed by atoms with E-state index in [2.05, 4.69) is 0 Å². The summed E-state index contributed by atoms with van der Waals surface area (Å²) in [5, 5.41) is 0. The zero-order valence-electron chi connectivity index (χ0n) is 16.4. The van der Waals surface area contributed by atoms with Gasteiger partial charge in [0.15, 0.2) is 0 Å². The number of ether oxygens (including phenoxy) is 3. The number of esters is 1. The van der Waals surface area contributed by atoms with Crippen molar-refractivity contribution in [3.8, 4) is 11.5 Å². The molecule has 0 saturated carbocycles. The molecule has 3 heterocycles. The van der Waals surface area contributed by atoms with E-state index in [0.29, 0.717) is 28.6 Å². The number of amides is 1. The van der Waals surface area contributed by atoms with Gasteiger partial charge in [0, 0.05) is 18.2 Å². The van der Waals surface area contributed by atoms with E-state index in [1.807, 2.05) is 12.1 Å². The molecule has 1 saturated heterocycles. The second kappa shape index (κ2) is 6.89. The van der Waals surface area contributed by atoms with Crippen LogP contribution in [-0.2, 0) is 9.53 Å². The number of carbonyl (C=O) groups is 2. The first-order chi connectivity index (χ1) is 13.4. The quantitative estimate of drug-likeness (QED) is 0.753. The Labute approximate surface area is 163 Å². The molecule has 28 heavy (non-hydrogen) atoms. The lowest BCUT2D eigenvalue weighted by atomic mass is 9.98. The minimum Gasteiger partial charge on any atom is -0.497 e. The fourth-order valence-electron chi connectivity index (χ4n) is 4.12. The third-order valence-electron chi connectivity index (χ3n) is 5.36. The maximum Gasteiger partial charge on any atom is 0.314 e. The molecule has 0 spiro atoms. The first-order valence-corrected chi connectivity index (χ1v) is 9.33. The molecule has 4 rings (SSSR count). The van der Waals surface area contributed by atoms with Crippen molar-refractivity contribution in [3.05, 3.63) is 46.9 Å². The lowest BCUT2D eigenvalue weighted by molar-refractivity contribution is -0.149.